The van der Waals surface area contributed by atoms with E-state index >= 15 is 0 Å². The smallest absolute Gasteiger partial charge is 0.238 e. The van der Waals surface area contributed by atoms with Crippen molar-refractivity contribution in [2.24, 2.45) is 0 Å². The maximum Gasteiger partial charge on any atom is 0.238 e. The molecule has 3 nitrogen and oxygen atoms in total. The third-order valence-corrected chi connectivity index (χ3v) is 4.91. The van der Waals surface area contributed by atoms with Gasteiger partial charge in [0.1, 0.15) is 0 Å². The van der Waals surface area contributed by atoms with Crippen LogP contribution in [0.15, 0.2) is 0 Å². The minimum Gasteiger partial charge on any atom is -0.334 e. The molecule has 1 saturated heterocycles. The Hall–Kier alpha value is 0.210. The zero-order valence-electron chi connectivity index (χ0n) is 5.33. The third kappa shape index (κ3) is 1.37. The van der Waals surface area contributed by atoms with Gasteiger partial charge in [-0.25, -0.2) is 0 Å². The first-order chi connectivity index (χ1) is 4.25. The number of rotatable bonds is 1. The monoisotopic (exact) mass is 165 g/mol. The first kappa shape index (κ1) is 7.32. The fraction of sp³-hybridized carbons (Fsp3) is 0.750. The van der Waals surface area contributed by atoms with E-state index in [1.807, 2.05) is 0 Å². The van der Waals surface area contributed by atoms with Crippen molar-refractivity contribution in [2.75, 3.05) is 19.9 Å². The van der Waals surface area contributed by atoms with Crippen LogP contribution >= 0.6 is 18.9 Å². The minimum absolute atomic E-state index is 0.174. The molecule has 0 N–H and O–H groups in total. The second kappa shape index (κ2) is 2.86. The van der Waals surface area contributed by atoms with Crippen LogP contribution in [-0.4, -0.2) is 30.5 Å². The highest BCUT2D eigenvalue weighted by molar-refractivity contribution is 8.54. The molecule has 52 valence electrons. The summed E-state index contributed by atoms with van der Waals surface area (Å²) >= 11 is 1.58. The van der Waals surface area contributed by atoms with Gasteiger partial charge in [-0.1, -0.05) is 11.4 Å². The van der Waals surface area contributed by atoms with Crippen LogP contribution in [0, 0.1) is 0 Å². The summed E-state index contributed by atoms with van der Waals surface area (Å²) in [4.78, 5) is 10.8. The molecule has 0 radical (unpaired) electrons. The molecule has 0 aromatic heterocycles. The molecule has 0 aromatic rings. The van der Waals surface area contributed by atoms with Crippen LogP contribution in [-0.2, 0) is 9.32 Å². The lowest BCUT2D eigenvalue weighted by molar-refractivity contribution is -0.122. The van der Waals surface area contributed by atoms with E-state index in [0.717, 1.165) is 0 Å². The summed E-state index contributed by atoms with van der Waals surface area (Å²) < 4.78 is 6.69. The Balaban J connectivity index is 2.51. The van der Waals surface area contributed by atoms with Gasteiger partial charge in [0, 0.05) is 14.2 Å². The molecule has 1 unspecified atom stereocenters. The van der Waals surface area contributed by atoms with Crippen LogP contribution in [0.25, 0.3) is 0 Å². The van der Waals surface area contributed by atoms with E-state index < -0.39 is 7.50 Å². The summed E-state index contributed by atoms with van der Waals surface area (Å²) in [5.74, 6) is 0.753. The molecule has 1 aliphatic rings. The normalized spacial score (nSPS) is 27.6. The number of hydrogen-bond donors (Lipinski definition) is 0. The van der Waals surface area contributed by atoms with E-state index in [1.54, 1.807) is 30.2 Å². The van der Waals surface area contributed by atoms with Crippen LogP contribution < -0.4 is 0 Å². The van der Waals surface area contributed by atoms with Crippen LogP contribution in [0.5, 0.6) is 0 Å². The predicted molar refractivity (Wildman–Crippen MR) is 39.2 cm³/mol. The second-order valence-corrected chi connectivity index (χ2v) is 5.31. The molecule has 9 heavy (non-hydrogen) atoms. The summed E-state index contributed by atoms with van der Waals surface area (Å²) in [7, 11) is 2.77. The molecule has 5 heteroatoms. The van der Waals surface area contributed by atoms with Gasteiger partial charge in [-0.3, -0.25) is 9.46 Å². The van der Waals surface area contributed by atoms with Crippen molar-refractivity contribution in [1.29, 1.82) is 0 Å². The van der Waals surface area contributed by atoms with Crippen molar-refractivity contribution in [1.82, 2.24) is 4.67 Å². The van der Waals surface area contributed by atoms with Crippen molar-refractivity contribution >= 4 is 24.8 Å². The molecule has 1 atom stereocenters. The van der Waals surface area contributed by atoms with Crippen molar-refractivity contribution in [3.63, 3.8) is 0 Å². The topological polar surface area (TPSA) is 29.5 Å². The van der Waals surface area contributed by atoms with Crippen molar-refractivity contribution in [3.05, 3.63) is 0 Å². The van der Waals surface area contributed by atoms with E-state index in [9.17, 15) is 4.79 Å². The maximum atomic E-state index is 10.8. The first-order valence-corrected chi connectivity index (χ1v) is 5.29. The molecule has 1 heterocycles. The van der Waals surface area contributed by atoms with Gasteiger partial charge in [0.15, 0.2) is 0 Å². The van der Waals surface area contributed by atoms with Gasteiger partial charge in [-0.15, -0.1) is 0 Å². The van der Waals surface area contributed by atoms with E-state index in [-0.39, 0.29) is 5.91 Å². The predicted octanol–water partition coefficient (Wildman–Crippen LogP) is 1.06. The third-order valence-electron chi connectivity index (χ3n) is 1.06. The first-order valence-electron chi connectivity index (χ1n) is 2.49. The Morgan fingerprint density at radius 2 is 2.56 bits per heavy atom. The molecule has 1 rings (SSSR count). The average molecular weight is 165 g/mol. The summed E-state index contributed by atoms with van der Waals surface area (Å²) in [5.41, 5.74) is 0. The highest BCUT2D eigenvalue weighted by atomic mass is 32.7. The molecule has 1 amide bonds. The van der Waals surface area contributed by atoms with E-state index in [4.69, 9.17) is 4.52 Å². The Bertz CT molecular complexity index is 132. The van der Waals surface area contributed by atoms with Crippen LogP contribution in [0.4, 0.5) is 0 Å². The van der Waals surface area contributed by atoms with E-state index in [0.29, 0.717) is 5.75 Å². The lowest BCUT2D eigenvalue weighted by atomic mass is 10.7. The molecule has 0 aliphatic carbocycles. The highest BCUT2D eigenvalue weighted by Crippen LogP contribution is 2.57. The van der Waals surface area contributed by atoms with E-state index in [2.05, 4.69) is 0 Å². The highest BCUT2D eigenvalue weighted by Gasteiger charge is 2.28. The standard InChI is InChI=1S/C4H8NO2PS/c1-5-4(6)3-9-8(5)7-2/h3H2,1-2H3. The number of amides is 1. The fourth-order valence-corrected chi connectivity index (χ4v) is 3.62. The van der Waals surface area contributed by atoms with Crippen molar-refractivity contribution in [3.8, 4) is 0 Å². The van der Waals surface area contributed by atoms with Crippen molar-refractivity contribution < 1.29 is 9.32 Å². The Kier molecular flexibility index (Phi) is 2.33. The fourth-order valence-electron chi connectivity index (χ4n) is 0.557. The minimum atomic E-state index is -0.643. The summed E-state index contributed by atoms with van der Waals surface area (Å²) in [5, 5.41) is 0. The molecule has 0 aromatic carbocycles. The van der Waals surface area contributed by atoms with Crippen LogP contribution in [0.1, 0.15) is 0 Å². The van der Waals surface area contributed by atoms with Crippen molar-refractivity contribution in [2.45, 2.75) is 0 Å². The molecule has 1 fully saturated rings. The van der Waals surface area contributed by atoms with Gasteiger partial charge in [0.25, 0.3) is 0 Å². The largest absolute Gasteiger partial charge is 0.334 e. The van der Waals surface area contributed by atoms with Gasteiger partial charge >= 0.3 is 0 Å². The zero-order chi connectivity index (χ0) is 6.85. The molecule has 0 saturated carbocycles. The van der Waals surface area contributed by atoms with Gasteiger partial charge in [0.2, 0.25) is 13.4 Å². The molecular formula is C4H8NO2PS. The molecular weight excluding hydrogens is 157 g/mol. The maximum absolute atomic E-state index is 10.8. The zero-order valence-corrected chi connectivity index (χ0v) is 7.04. The number of carbonyl (C=O) groups is 1. The summed E-state index contributed by atoms with van der Waals surface area (Å²) in [6, 6.07) is 0. The van der Waals surface area contributed by atoms with E-state index in [1.165, 1.54) is 0 Å². The number of hydrogen-bond acceptors (Lipinski definition) is 3. The Morgan fingerprint density at radius 1 is 1.89 bits per heavy atom. The van der Waals surface area contributed by atoms with Gasteiger partial charge < -0.3 is 4.52 Å². The van der Waals surface area contributed by atoms with Crippen LogP contribution in [0.2, 0.25) is 0 Å². The number of nitrogens with zero attached hydrogens (tertiary/aromatic N) is 1. The quantitative estimate of drug-likeness (QED) is 0.544. The van der Waals surface area contributed by atoms with Crippen LogP contribution in [0.3, 0.4) is 0 Å². The summed E-state index contributed by atoms with van der Waals surface area (Å²) in [6.07, 6.45) is 0. The lowest BCUT2D eigenvalue weighted by Gasteiger charge is -2.14. The average Bonchev–Trinajstić information content (AvgIpc) is 2.15. The molecule has 1 aliphatic heterocycles. The second-order valence-electron chi connectivity index (χ2n) is 1.61. The van der Waals surface area contributed by atoms with Gasteiger partial charge in [-0.05, 0) is 0 Å². The Morgan fingerprint density at radius 3 is 2.78 bits per heavy atom. The molecule has 0 bridgehead atoms. The lowest BCUT2D eigenvalue weighted by Crippen LogP contribution is -2.15. The molecule has 0 spiro atoms. The SMILES string of the molecule is COP1SCC(=O)N1C. The van der Waals surface area contributed by atoms with Gasteiger partial charge in [0.05, 0.1) is 5.75 Å². The summed E-state index contributed by atoms with van der Waals surface area (Å²) in [6.45, 7) is 0. The Labute approximate surface area is 59.4 Å². The van der Waals surface area contributed by atoms with Gasteiger partial charge in [-0.2, -0.15) is 0 Å². The number of carbonyl (C=O) groups excluding carboxylic acids is 1.